The van der Waals surface area contributed by atoms with E-state index in [0.717, 1.165) is 20.8 Å². The Labute approximate surface area is 156 Å². The van der Waals surface area contributed by atoms with Crippen molar-refractivity contribution in [2.75, 3.05) is 18.9 Å². The molecular weight excluding hydrogens is 346 g/mol. The van der Waals surface area contributed by atoms with Crippen LogP contribution in [0.2, 0.25) is 0 Å². The van der Waals surface area contributed by atoms with Gasteiger partial charge in [0, 0.05) is 18.8 Å². The molecule has 0 fully saturated rings. The summed E-state index contributed by atoms with van der Waals surface area (Å²) in [5.41, 5.74) is 2.75. The third-order valence-corrected chi connectivity index (χ3v) is 4.77. The molecule has 1 N–H and O–H groups in total. The van der Waals surface area contributed by atoms with Crippen molar-refractivity contribution in [1.82, 2.24) is 9.88 Å². The molecule has 3 rings (SSSR count). The molecule has 0 saturated carbocycles. The van der Waals surface area contributed by atoms with Gasteiger partial charge in [0.05, 0.1) is 16.8 Å². The van der Waals surface area contributed by atoms with E-state index >= 15 is 0 Å². The SMILES string of the molecule is Cc1ccc(NC(=O)CN(C)C(=O)C=Cc2nc3ccccc3s2)cc1. The van der Waals surface area contributed by atoms with E-state index in [-0.39, 0.29) is 18.4 Å². The van der Waals surface area contributed by atoms with Crippen LogP contribution in [0.15, 0.2) is 54.6 Å². The Hall–Kier alpha value is -2.99. The average molecular weight is 365 g/mol. The molecule has 0 spiro atoms. The highest BCUT2D eigenvalue weighted by Gasteiger charge is 2.11. The Bertz CT molecular complexity index is 928. The van der Waals surface area contributed by atoms with Gasteiger partial charge in [-0.15, -0.1) is 11.3 Å². The van der Waals surface area contributed by atoms with Crippen LogP contribution in [0.25, 0.3) is 16.3 Å². The minimum Gasteiger partial charge on any atom is -0.333 e. The molecule has 1 heterocycles. The van der Waals surface area contributed by atoms with Crippen LogP contribution in [0, 0.1) is 6.92 Å². The molecule has 6 heteroatoms. The second-order valence-electron chi connectivity index (χ2n) is 5.96. The van der Waals surface area contributed by atoms with E-state index in [4.69, 9.17) is 0 Å². The van der Waals surface area contributed by atoms with Crippen LogP contribution in [-0.4, -0.2) is 35.3 Å². The highest BCUT2D eigenvalue weighted by molar-refractivity contribution is 7.19. The van der Waals surface area contributed by atoms with Crippen LogP contribution < -0.4 is 5.32 Å². The average Bonchev–Trinajstić information content (AvgIpc) is 3.04. The van der Waals surface area contributed by atoms with Gasteiger partial charge >= 0.3 is 0 Å². The summed E-state index contributed by atoms with van der Waals surface area (Å²) in [5, 5.41) is 3.54. The molecule has 3 aromatic rings. The molecule has 5 nitrogen and oxygen atoms in total. The van der Waals surface area contributed by atoms with Crippen molar-refractivity contribution < 1.29 is 9.59 Å². The number of anilines is 1. The lowest BCUT2D eigenvalue weighted by Gasteiger charge is -2.14. The molecular formula is C20H19N3O2S. The van der Waals surface area contributed by atoms with Crippen molar-refractivity contribution in [3.63, 3.8) is 0 Å². The summed E-state index contributed by atoms with van der Waals surface area (Å²) >= 11 is 1.52. The van der Waals surface area contributed by atoms with Crippen molar-refractivity contribution in [1.29, 1.82) is 0 Å². The minimum absolute atomic E-state index is 0.0170. The highest BCUT2D eigenvalue weighted by atomic mass is 32.1. The van der Waals surface area contributed by atoms with Gasteiger partial charge in [0.25, 0.3) is 0 Å². The molecule has 0 unspecified atom stereocenters. The van der Waals surface area contributed by atoms with Gasteiger partial charge in [-0.1, -0.05) is 29.8 Å². The number of nitrogens with zero attached hydrogens (tertiary/aromatic N) is 2. The zero-order chi connectivity index (χ0) is 18.5. The van der Waals surface area contributed by atoms with Gasteiger partial charge in [-0.3, -0.25) is 9.59 Å². The van der Waals surface area contributed by atoms with Gasteiger partial charge < -0.3 is 10.2 Å². The predicted molar refractivity (Wildman–Crippen MR) is 106 cm³/mol. The van der Waals surface area contributed by atoms with E-state index in [1.807, 2.05) is 55.5 Å². The zero-order valence-electron chi connectivity index (χ0n) is 14.6. The molecule has 0 atom stereocenters. The second kappa shape index (κ2) is 7.93. The van der Waals surface area contributed by atoms with E-state index in [9.17, 15) is 9.59 Å². The van der Waals surface area contributed by atoms with Crippen LogP contribution in [0.3, 0.4) is 0 Å². The first-order valence-corrected chi connectivity index (χ1v) is 8.98. The van der Waals surface area contributed by atoms with E-state index < -0.39 is 0 Å². The third kappa shape index (κ3) is 4.55. The first-order valence-electron chi connectivity index (χ1n) is 8.16. The molecule has 2 amide bonds. The molecule has 0 radical (unpaired) electrons. The van der Waals surface area contributed by atoms with Crippen molar-refractivity contribution >= 4 is 45.1 Å². The summed E-state index contributed by atoms with van der Waals surface area (Å²) in [7, 11) is 1.60. The maximum Gasteiger partial charge on any atom is 0.246 e. The third-order valence-electron chi connectivity index (χ3n) is 3.77. The monoisotopic (exact) mass is 365 g/mol. The number of fused-ring (bicyclic) bond motifs is 1. The fraction of sp³-hybridized carbons (Fsp3) is 0.150. The second-order valence-corrected chi connectivity index (χ2v) is 7.02. The van der Waals surface area contributed by atoms with E-state index in [2.05, 4.69) is 10.3 Å². The summed E-state index contributed by atoms with van der Waals surface area (Å²) in [5.74, 6) is -0.485. The highest BCUT2D eigenvalue weighted by Crippen LogP contribution is 2.22. The van der Waals surface area contributed by atoms with Crippen LogP contribution in [0.1, 0.15) is 10.6 Å². The van der Waals surface area contributed by atoms with Gasteiger partial charge in [-0.2, -0.15) is 0 Å². The number of carbonyl (C=O) groups is 2. The Morgan fingerprint density at radius 2 is 1.88 bits per heavy atom. The number of hydrogen-bond acceptors (Lipinski definition) is 4. The number of para-hydroxylation sites is 1. The normalized spacial score (nSPS) is 11.0. The van der Waals surface area contributed by atoms with Crippen molar-refractivity contribution in [3.05, 3.63) is 65.2 Å². The lowest BCUT2D eigenvalue weighted by Crippen LogP contribution is -2.33. The lowest BCUT2D eigenvalue weighted by atomic mass is 10.2. The summed E-state index contributed by atoms with van der Waals surface area (Å²) in [6.07, 6.45) is 3.12. The Morgan fingerprint density at radius 3 is 2.62 bits per heavy atom. The number of rotatable bonds is 5. The molecule has 0 aliphatic rings. The predicted octanol–water partition coefficient (Wildman–Crippen LogP) is 3.72. The number of nitrogens with one attached hydrogen (secondary N) is 1. The van der Waals surface area contributed by atoms with E-state index in [1.165, 1.54) is 22.3 Å². The smallest absolute Gasteiger partial charge is 0.246 e. The molecule has 0 bridgehead atoms. The van der Waals surface area contributed by atoms with Crippen LogP contribution >= 0.6 is 11.3 Å². The standard InChI is InChI=1S/C20H19N3O2S/c1-14-7-9-15(10-8-14)21-18(24)13-23(2)20(25)12-11-19-22-16-5-3-4-6-17(16)26-19/h3-12H,13H2,1-2H3,(H,21,24). The van der Waals surface area contributed by atoms with Crippen LogP contribution in [-0.2, 0) is 9.59 Å². The van der Waals surface area contributed by atoms with Crippen LogP contribution in [0.5, 0.6) is 0 Å². The molecule has 2 aromatic carbocycles. The fourth-order valence-corrected chi connectivity index (χ4v) is 3.23. The number of aryl methyl sites for hydroxylation is 1. The maximum atomic E-state index is 12.2. The minimum atomic E-state index is -0.247. The fourth-order valence-electron chi connectivity index (χ4n) is 2.36. The topological polar surface area (TPSA) is 62.3 Å². The number of benzene rings is 2. The quantitative estimate of drug-likeness (QED) is 0.701. The van der Waals surface area contributed by atoms with E-state index in [1.54, 1.807) is 13.1 Å². The Kier molecular flexibility index (Phi) is 5.43. The molecule has 0 aliphatic heterocycles. The zero-order valence-corrected chi connectivity index (χ0v) is 15.4. The maximum absolute atomic E-state index is 12.2. The largest absolute Gasteiger partial charge is 0.333 e. The number of carbonyl (C=O) groups excluding carboxylic acids is 2. The number of likely N-dealkylation sites (N-methyl/N-ethyl adjacent to an activating group) is 1. The number of amides is 2. The van der Waals surface area contributed by atoms with Crippen molar-refractivity contribution in [2.45, 2.75) is 6.92 Å². The van der Waals surface area contributed by atoms with Gasteiger partial charge in [-0.05, 0) is 37.3 Å². The first-order chi connectivity index (χ1) is 12.5. The Morgan fingerprint density at radius 1 is 1.15 bits per heavy atom. The molecule has 0 aliphatic carbocycles. The first kappa shape index (κ1) is 17.8. The van der Waals surface area contributed by atoms with E-state index in [0.29, 0.717) is 5.69 Å². The van der Waals surface area contributed by atoms with Gasteiger partial charge in [0.15, 0.2) is 0 Å². The number of aromatic nitrogens is 1. The Balaban J connectivity index is 1.56. The summed E-state index contributed by atoms with van der Waals surface area (Å²) in [6.45, 7) is 1.96. The van der Waals surface area contributed by atoms with Gasteiger partial charge in [-0.25, -0.2) is 4.98 Å². The van der Waals surface area contributed by atoms with Gasteiger partial charge in [0.1, 0.15) is 5.01 Å². The molecule has 132 valence electrons. The van der Waals surface area contributed by atoms with Crippen LogP contribution in [0.4, 0.5) is 5.69 Å². The van der Waals surface area contributed by atoms with Crippen molar-refractivity contribution in [2.24, 2.45) is 0 Å². The summed E-state index contributed by atoms with van der Waals surface area (Å²) in [6, 6.07) is 15.3. The molecule has 26 heavy (non-hydrogen) atoms. The summed E-state index contributed by atoms with van der Waals surface area (Å²) < 4.78 is 1.07. The van der Waals surface area contributed by atoms with Crippen molar-refractivity contribution in [3.8, 4) is 0 Å². The lowest BCUT2D eigenvalue weighted by molar-refractivity contribution is -0.129. The number of hydrogen-bond donors (Lipinski definition) is 1. The summed E-state index contributed by atoms with van der Waals surface area (Å²) in [4.78, 5) is 30.1. The molecule has 1 aromatic heterocycles. The number of thiazole rings is 1. The van der Waals surface area contributed by atoms with Gasteiger partial charge in [0.2, 0.25) is 11.8 Å². The molecule has 0 saturated heterocycles.